The third-order valence-electron chi connectivity index (χ3n) is 2.75. The van der Waals surface area contributed by atoms with Crippen LogP contribution in [0, 0.1) is 0 Å². The van der Waals surface area contributed by atoms with Crippen LogP contribution in [0.15, 0.2) is 35.2 Å². The van der Waals surface area contributed by atoms with Crippen molar-refractivity contribution in [2.24, 2.45) is 0 Å². The molecule has 1 heterocycles. The maximum atomic E-state index is 12.0. The summed E-state index contributed by atoms with van der Waals surface area (Å²) in [5.74, 6) is 0.113. The van der Waals surface area contributed by atoms with Gasteiger partial charge >= 0.3 is 0 Å². The van der Waals surface area contributed by atoms with E-state index in [9.17, 15) is 8.42 Å². The van der Waals surface area contributed by atoms with Gasteiger partial charge in [-0.2, -0.15) is 0 Å². The number of hydrogen-bond acceptors (Lipinski definition) is 3. The summed E-state index contributed by atoms with van der Waals surface area (Å²) in [6.07, 6.45) is 2.05. The fourth-order valence-electron chi connectivity index (χ4n) is 1.80. The van der Waals surface area contributed by atoms with Gasteiger partial charge in [-0.1, -0.05) is 31.5 Å². The standard InChI is InChI=1S/C12H16O3S/c1-2-6-11-12(15-11)9-16(13,14)10-7-4-3-5-8-10/h3-5,7-8,11-12H,2,6,9H2,1H3/t11-,12-/m0/s1. The van der Waals surface area contributed by atoms with E-state index < -0.39 is 9.84 Å². The van der Waals surface area contributed by atoms with E-state index in [1.807, 2.05) is 6.07 Å². The van der Waals surface area contributed by atoms with Gasteiger partial charge in [0.1, 0.15) is 0 Å². The number of benzene rings is 1. The van der Waals surface area contributed by atoms with Crippen molar-refractivity contribution in [3.63, 3.8) is 0 Å². The lowest BCUT2D eigenvalue weighted by molar-refractivity contribution is 0.369. The highest BCUT2D eigenvalue weighted by Crippen LogP contribution is 2.29. The summed E-state index contributed by atoms with van der Waals surface area (Å²) in [4.78, 5) is 0.390. The summed E-state index contributed by atoms with van der Waals surface area (Å²) < 4.78 is 29.2. The fourth-order valence-corrected chi connectivity index (χ4v) is 3.29. The molecule has 0 saturated carbocycles. The van der Waals surface area contributed by atoms with Gasteiger partial charge in [0.05, 0.1) is 22.9 Å². The van der Waals surface area contributed by atoms with Crippen LogP contribution in [0.1, 0.15) is 19.8 Å². The van der Waals surface area contributed by atoms with Crippen molar-refractivity contribution in [2.75, 3.05) is 5.75 Å². The Morgan fingerprint density at radius 2 is 1.88 bits per heavy atom. The van der Waals surface area contributed by atoms with Gasteiger partial charge in [0.25, 0.3) is 0 Å². The quantitative estimate of drug-likeness (QED) is 0.740. The molecule has 2 atom stereocenters. The third-order valence-corrected chi connectivity index (χ3v) is 4.50. The van der Waals surface area contributed by atoms with Crippen molar-refractivity contribution < 1.29 is 13.2 Å². The van der Waals surface area contributed by atoms with E-state index in [4.69, 9.17) is 4.74 Å². The van der Waals surface area contributed by atoms with E-state index >= 15 is 0 Å². The van der Waals surface area contributed by atoms with Gasteiger partial charge in [-0.05, 0) is 18.6 Å². The van der Waals surface area contributed by atoms with Gasteiger partial charge in [0, 0.05) is 0 Å². The van der Waals surface area contributed by atoms with Gasteiger partial charge in [-0.15, -0.1) is 0 Å². The van der Waals surface area contributed by atoms with Crippen LogP contribution in [0.3, 0.4) is 0 Å². The molecule has 0 aromatic heterocycles. The zero-order valence-corrected chi connectivity index (χ0v) is 10.1. The molecule has 0 unspecified atom stereocenters. The van der Waals surface area contributed by atoms with E-state index in [1.54, 1.807) is 24.3 Å². The first-order chi connectivity index (χ1) is 7.63. The Balaban J connectivity index is 2.00. The monoisotopic (exact) mass is 240 g/mol. The molecule has 0 N–H and O–H groups in total. The average Bonchev–Trinajstić information content (AvgIpc) is 2.97. The maximum absolute atomic E-state index is 12.0. The summed E-state index contributed by atoms with van der Waals surface area (Å²) in [6.45, 7) is 2.07. The van der Waals surface area contributed by atoms with Crippen LogP contribution >= 0.6 is 0 Å². The molecular formula is C12H16O3S. The largest absolute Gasteiger partial charge is 0.368 e. The molecule has 1 aromatic carbocycles. The van der Waals surface area contributed by atoms with Crippen LogP contribution in [0.4, 0.5) is 0 Å². The number of rotatable bonds is 5. The van der Waals surface area contributed by atoms with Gasteiger partial charge in [0.2, 0.25) is 0 Å². The molecule has 88 valence electrons. The fraction of sp³-hybridized carbons (Fsp3) is 0.500. The van der Waals surface area contributed by atoms with E-state index in [0.29, 0.717) is 4.90 Å². The van der Waals surface area contributed by atoms with Crippen LogP contribution < -0.4 is 0 Å². The topological polar surface area (TPSA) is 46.7 Å². The predicted octanol–water partition coefficient (Wildman–Crippen LogP) is 2.03. The molecule has 0 aliphatic carbocycles. The average molecular weight is 240 g/mol. The number of sulfone groups is 1. The maximum Gasteiger partial charge on any atom is 0.181 e. The lowest BCUT2D eigenvalue weighted by Gasteiger charge is -2.01. The van der Waals surface area contributed by atoms with Gasteiger partial charge < -0.3 is 4.74 Å². The highest BCUT2D eigenvalue weighted by molar-refractivity contribution is 7.91. The van der Waals surface area contributed by atoms with E-state index in [1.165, 1.54) is 0 Å². The molecule has 1 fully saturated rings. The molecule has 1 aliphatic rings. The molecule has 3 nitrogen and oxygen atoms in total. The lowest BCUT2D eigenvalue weighted by atomic mass is 10.2. The Morgan fingerprint density at radius 3 is 2.50 bits per heavy atom. The summed E-state index contributed by atoms with van der Waals surface area (Å²) in [5.41, 5.74) is 0. The number of epoxide rings is 1. The molecule has 0 amide bonds. The number of hydrogen-bond donors (Lipinski definition) is 0. The van der Waals surface area contributed by atoms with Crippen LogP contribution in [-0.4, -0.2) is 26.4 Å². The molecule has 1 aliphatic heterocycles. The number of ether oxygens (including phenoxy) is 1. The van der Waals surface area contributed by atoms with E-state index in [2.05, 4.69) is 6.92 Å². The summed E-state index contributed by atoms with van der Waals surface area (Å²) in [7, 11) is -3.17. The second kappa shape index (κ2) is 4.55. The Labute approximate surface area is 96.4 Å². The molecule has 0 bridgehead atoms. The molecular weight excluding hydrogens is 224 g/mol. The third kappa shape index (κ3) is 2.62. The van der Waals surface area contributed by atoms with Gasteiger partial charge in [-0.25, -0.2) is 8.42 Å². The van der Waals surface area contributed by atoms with Crippen LogP contribution in [0.5, 0.6) is 0 Å². The van der Waals surface area contributed by atoms with Crippen molar-refractivity contribution in [3.05, 3.63) is 30.3 Å². The minimum Gasteiger partial charge on any atom is -0.368 e. The van der Waals surface area contributed by atoms with Crippen LogP contribution in [0.25, 0.3) is 0 Å². The van der Waals surface area contributed by atoms with Gasteiger partial charge in [0.15, 0.2) is 9.84 Å². The van der Waals surface area contributed by atoms with E-state index in [-0.39, 0.29) is 18.0 Å². The minimum atomic E-state index is -3.17. The first kappa shape index (κ1) is 11.6. The van der Waals surface area contributed by atoms with Crippen molar-refractivity contribution >= 4 is 9.84 Å². The SMILES string of the molecule is CCC[C@@H]1O[C@H]1CS(=O)(=O)c1ccccc1. The second-order valence-electron chi connectivity index (χ2n) is 4.10. The van der Waals surface area contributed by atoms with Gasteiger partial charge in [-0.3, -0.25) is 0 Å². The first-order valence-corrected chi connectivity index (χ1v) is 7.22. The van der Waals surface area contributed by atoms with Crippen molar-refractivity contribution in [1.82, 2.24) is 0 Å². The first-order valence-electron chi connectivity index (χ1n) is 5.57. The predicted molar refractivity (Wildman–Crippen MR) is 62.1 cm³/mol. The summed E-state index contributed by atoms with van der Waals surface area (Å²) in [5, 5.41) is 0. The Hall–Kier alpha value is -0.870. The highest BCUT2D eigenvalue weighted by Gasteiger charge is 2.41. The summed E-state index contributed by atoms with van der Waals surface area (Å²) in [6, 6.07) is 8.56. The molecule has 2 rings (SSSR count). The zero-order valence-electron chi connectivity index (χ0n) is 9.30. The van der Waals surface area contributed by atoms with Crippen LogP contribution in [-0.2, 0) is 14.6 Å². The van der Waals surface area contributed by atoms with E-state index in [0.717, 1.165) is 12.8 Å². The molecule has 0 radical (unpaired) electrons. The Bertz CT molecular complexity index is 439. The Kier molecular flexibility index (Phi) is 3.30. The lowest BCUT2D eigenvalue weighted by Crippen LogP contribution is -2.13. The molecule has 1 aromatic rings. The van der Waals surface area contributed by atoms with Crippen molar-refractivity contribution in [2.45, 2.75) is 36.9 Å². The highest BCUT2D eigenvalue weighted by atomic mass is 32.2. The zero-order chi connectivity index (χ0) is 11.6. The van der Waals surface area contributed by atoms with Crippen LogP contribution in [0.2, 0.25) is 0 Å². The normalized spacial score (nSPS) is 24.3. The molecule has 0 spiro atoms. The second-order valence-corrected chi connectivity index (χ2v) is 6.13. The molecule has 4 heteroatoms. The molecule has 16 heavy (non-hydrogen) atoms. The molecule has 1 saturated heterocycles. The minimum absolute atomic E-state index is 0.0924. The summed E-state index contributed by atoms with van der Waals surface area (Å²) >= 11 is 0. The Morgan fingerprint density at radius 1 is 1.19 bits per heavy atom. The van der Waals surface area contributed by atoms with Crippen molar-refractivity contribution in [3.8, 4) is 0 Å². The van der Waals surface area contributed by atoms with Crippen molar-refractivity contribution in [1.29, 1.82) is 0 Å². The smallest absolute Gasteiger partial charge is 0.181 e.